The summed E-state index contributed by atoms with van der Waals surface area (Å²) in [7, 11) is 0. The summed E-state index contributed by atoms with van der Waals surface area (Å²) in [6, 6.07) is 24.2. The lowest BCUT2D eigenvalue weighted by Crippen LogP contribution is -2.34. The highest BCUT2D eigenvalue weighted by Crippen LogP contribution is 2.20. The summed E-state index contributed by atoms with van der Waals surface area (Å²) in [5, 5.41) is 1.35. The van der Waals surface area contributed by atoms with Crippen molar-refractivity contribution in [2.45, 2.75) is 19.9 Å². The summed E-state index contributed by atoms with van der Waals surface area (Å²) in [4.78, 5) is 30.8. The first kappa shape index (κ1) is 22.6. The van der Waals surface area contributed by atoms with Crippen LogP contribution in [0.1, 0.15) is 28.4 Å². The topological polar surface area (TPSA) is 62.4 Å². The van der Waals surface area contributed by atoms with Crippen LogP contribution >= 0.6 is 11.6 Å². The molecule has 0 aliphatic heterocycles. The molecule has 168 valence electrons. The van der Waals surface area contributed by atoms with Crippen molar-refractivity contribution in [1.29, 1.82) is 0 Å². The number of pyridine rings is 1. The van der Waals surface area contributed by atoms with Crippen LogP contribution < -0.4 is 10.3 Å². The SMILES string of the molecule is CCOc1ccc2[nH]c(=O)c(CN(CCc3ccccc3)C(=O)c3cccc(Cl)c3)cc2c1. The third-order valence-electron chi connectivity index (χ3n) is 5.44. The van der Waals surface area contributed by atoms with E-state index in [0.29, 0.717) is 35.7 Å². The molecule has 5 nitrogen and oxygen atoms in total. The number of ether oxygens (including phenoxy) is 1. The van der Waals surface area contributed by atoms with Crippen LogP contribution in [0, 0.1) is 0 Å². The van der Waals surface area contributed by atoms with Crippen LogP contribution in [0.25, 0.3) is 10.9 Å². The maximum Gasteiger partial charge on any atom is 0.254 e. The number of aromatic nitrogens is 1. The number of nitrogens with one attached hydrogen (secondary N) is 1. The molecular weight excluding hydrogens is 436 g/mol. The number of H-pyrrole nitrogens is 1. The lowest BCUT2D eigenvalue weighted by Gasteiger charge is -2.23. The Morgan fingerprint density at radius 3 is 2.58 bits per heavy atom. The van der Waals surface area contributed by atoms with Crippen LogP contribution in [0.15, 0.2) is 83.7 Å². The van der Waals surface area contributed by atoms with Gasteiger partial charge in [0.05, 0.1) is 13.2 Å². The van der Waals surface area contributed by atoms with E-state index in [1.54, 1.807) is 29.2 Å². The number of benzene rings is 3. The predicted octanol–water partition coefficient (Wildman–Crippen LogP) is 5.47. The fourth-order valence-corrected chi connectivity index (χ4v) is 3.96. The van der Waals surface area contributed by atoms with Gasteiger partial charge < -0.3 is 14.6 Å². The number of hydrogen-bond acceptors (Lipinski definition) is 3. The lowest BCUT2D eigenvalue weighted by atomic mass is 10.1. The second-order valence-electron chi connectivity index (χ2n) is 7.78. The van der Waals surface area contributed by atoms with Gasteiger partial charge in [0.2, 0.25) is 0 Å². The molecule has 0 unspecified atom stereocenters. The Balaban J connectivity index is 1.66. The van der Waals surface area contributed by atoms with Crippen molar-refractivity contribution in [3.05, 3.63) is 111 Å². The first-order valence-electron chi connectivity index (χ1n) is 10.9. The van der Waals surface area contributed by atoms with Gasteiger partial charge in [-0.1, -0.05) is 48.0 Å². The number of hydrogen-bond donors (Lipinski definition) is 1. The maximum absolute atomic E-state index is 13.4. The van der Waals surface area contributed by atoms with E-state index in [-0.39, 0.29) is 18.0 Å². The van der Waals surface area contributed by atoms with Gasteiger partial charge in [-0.3, -0.25) is 9.59 Å². The second kappa shape index (κ2) is 10.4. The summed E-state index contributed by atoms with van der Waals surface area (Å²) in [6.45, 7) is 3.13. The quantitative estimate of drug-likeness (QED) is 0.379. The molecule has 0 saturated carbocycles. The molecule has 1 heterocycles. The third kappa shape index (κ3) is 5.62. The Hall–Kier alpha value is -3.57. The minimum atomic E-state index is -0.213. The minimum Gasteiger partial charge on any atom is -0.494 e. The first-order chi connectivity index (χ1) is 16.0. The lowest BCUT2D eigenvalue weighted by molar-refractivity contribution is 0.0744. The van der Waals surface area contributed by atoms with E-state index in [1.165, 1.54) is 0 Å². The highest BCUT2D eigenvalue weighted by Gasteiger charge is 2.18. The molecule has 0 spiro atoms. The van der Waals surface area contributed by atoms with E-state index < -0.39 is 0 Å². The van der Waals surface area contributed by atoms with E-state index in [1.807, 2.05) is 61.5 Å². The van der Waals surface area contributed by atoms with Crippen LogP contribution in [-0.4, -0.2) is 28.9 Å². The van der Waals surface area contributed by atoms with Gasteiger partial charge in [-0.2, -0.15) is 0 Å². The summed E-state index contributed by atoms with van der Waals surface area (Å²) in [5.74, 6) is 0.565. The molecule has 1 N–H and O–H groups in total. The Bertz CT molecular complexity index is 1320. The van der Waals surface area contributed by atoms with E-state index in [9.17, 15) is 9.59 Å². The second-order valence-corrected chi connectivity index (χ2v) is 8.21. The van der Waals surface area contributed by atoms with Gasteiger partial charge in [-0.15, -0.1) is 0 Å². The number of halogens is 1. The van der Waals surface area contributed by atoms with E-state index in [0.717, 1.165) is 22.2 Å². The number of carbonyl (C=O) groups excluding carboxylic acids is 1. The van der Waals surface area contributed by atoms with Crippen molar-refractivity contribution in [3.8, 4) is 5.75 Å². The molecule has 0 aliphatic rings. The zero-order valence-corrected chi connectivity index (χ0v) is 19.1. The number of nitrogens with zero attached hydrogens (tertiary/aromatic N) is 1. The molecule has 0 radical (unpaired) electrons. The molecule has 1 amide bonds. The molecule has 33 heavy (non-hydrogen) atoms. The average molecular weight is 461 g/mol. The molecule has 0 saturated heterocycles. The van der Waals surface area contributed by atoms with Crippen LogP contribution in [0.3, 0.4) is 0 Å². The van der Waals surface area contributed by atoms with Gasteiger partial charge >= 0.3 is 0 Å². The van der Waals surface area contributed by atoms with Crippen molar-refractivity contribution in [2.75, 3.05) is 13.2 Å². The van der Waals surface area contributed by atoms with Gasteiger partial charge in [0, 0.05) is 33.6 Å². The molecule has 4 rings (SSSR count). The summed E-state index contributed by atoms with van der Waals surface area (Å²) < 4.78 is 5.59. The summed E-state index contributed by atoms with van der Waals surface area (Å²) >= 11 is 6.12. The molecule has 3 aromatic carbocycles. The monoisotopic (exact) mass is 460 g/mol. The third-order valence-corrected chi connectivity index (χ3v) is 5.67. The maximum atomic E-state index is 13.4. The van der Waals surface area contributed by atoms with Crippen molar-refractivity contribution < 1.29 is 9.53 Å². The number of amides is 1. The standard InChI is InChI=1S/C27H25ClN2O3/c1-2-33-24-11-12-25-21(17-24)15-22(26(31)29-25)18-30(14-13-19-7-4-3-5-8-19)27(32)20-9-6-10-23(28)16-20/h3-12,15-17H,2,13-14,18H2,1H3,(H,29,31). The number of rotatable bonds is 8. The zero-order chi connectivity index (χ0) is 23.2. The van der Waals surface area contributed by atoms with Crippen LogP contribution in [-0.2, 0) is 13.0 Å². The van der Waals surface area contributed by atoms with Gasteiger partial charge in [0.1, 0.15) is 5.75 Å². The van der Waals surface area contributed by atoms with Crippen molar-refractivity contribution in [2.24, 2.45) is 0 Å². The van der Waals surface area contributed by atoms with Crippen molar-refractivity contribution in [1.82, 2.24) is 9.88 Å². The molecule has 6 heteroatoms. The molecule has 0 bridgehead atoms. The van der Waals surface area contributed by atoms with E-state index in [2.05, 4.69) is 4.98 Å². The fourth-order valence-electron chi connectivity index (χ4n) is 3.77. The largest absolute Gasteiger partial charge is 0.494 e. The fraction of sp³-hybridized carbons (Fsp3) is 0.185. The molecule has 0 atom stereocenters. The predicted molar refractivity (Wildman–Crippen MR) is 132 cm³/mol. The molecular formula is C27H25ClN2O3. The Morgan fingerprint density at radius 1 is 1.00 bits per heavy atom. The Morgan fingerprint density at radius 2 is 1.82 bits per heavy atom. The Kier molecular flexibility index (Phi) is 7.10. The highest BCUT2D eigenvalue weighted by atomic mass is 35.5. The normalized spacial score (nSPS) is 10.8. The van der Waals surface area contributed by atoms with Crippen LogP contribution in [0.4, 0.5) is 0 Å². The molecule has 0 fully saturated rings. The summed E-state index contributed by atoms with van der Waals surface area (Å²) in [6.07, 6.45) is 0.674. The van der Waals surface area contributed by atoms with Crippen molar-refractivity contribution in [3.63, 3.8) is 0 Å². The first-order valence-corrected chi connectivity index (χ1v) is 11.3. The van der Waals surface area contributed by atoms with E-state index in [4.69, 9.17) is 16.3 Å². The Labute approximate surface area is 197 Å². The smallest absolute Gasteiger partial charge is 0.254 e. The minimum absolute atomic E-state index is 0.170. The van der Waals surface area contributed by atoms with E-state index >= 15 is 0 Å². The molecule has 4 aromatic rings. The number of aromatic amines is 1. The van der Waals surface area contributed by atoms with Crippen molar-refractivity contribution >= 4 is 28.4 Å². The van der Waals surface area contributed by atoms with Crippen LogP contribution in [0.2, 0.25) is 5.02 Å². The average Bonchev–Trinajstić information content (AvgIpc) is 2.82. The van der Waals surface area contributed by atoms with Crippen LogP contribution in [0.5, 0.6) is 5.75 Å². The highest BCUT2D eigenvalue weighted by molar-refractivity contribution is 6.30. The molecule has 0 aliphatic carbocycles. The van der Waals surface area contributed by atoms with Gasteiger partial charge in [0.25, 0.3) is 11.5 Å². The van der Waals surface area contributed by atoms with Gasteiger partial charge in [-0.25, -0.2) is 0 Å². The number of fused-ring (bicyclic) bond motifs is 1. The van der Waals surface area contributed by atoms with Gasteiger partial charge in [-0.05, 0) is 61.4 Å². The number of carbonyl (C=O) groups is 1. The zero-order valence-electron chi connectivity index (χ0n) is 18.4. The summed E-state index contributed by atoms with van der Waals surface area (Å²) in [5.41, 5.74) is 2.64. The van der Waals surface area contributed by atoms with Gasteiger partial charge in [0.15, 0.2) is 0 Å². The molecule has 1 aromatic heterocycles.